The Morgan fingerprint density at radius 1 is 1.33 bits per heavy atom. The van der Waals surface area contributed by atoms with E-state index < -0.39 is 0 Å². The van der Waals surface area contributed by atoms with E-state index in [1.54, 1.807) is 12.4 Å². The summed E-state index contributed by atoms with van der Waals surface area (Å²) in [5.74, 6) is 6.44. The third kappa shape index (κ3) is 5.42. The summed E-state index contributed by atoms with van der Waals surface area (Å²) in [7, 11) is 0. The van der Waals surface area contributed by atoms with Gasteiger partial charge in [0.15, 0.2) is 5.82 Å². The van der Waals surface area contributed by atoms with Crippen molar-refractivity contribution in [1.82, 2.24) is 9.97 Å². The molecule has 0 bridgehead atoms. The van der Waals surface area contributed by atoms with Crippen molar-refractivity contribution < 1.29 is 4.74 Å². The topological polar surface area (TPSA) is 73.1 Å². The van der Waals surface area contributed by atoms with E-state index in [1.165, 1.54) is 25.7 Å². The van der Waals surface area contributed by atoms with E-state index in [-0.39, 0.29) is 0 Å². The maximum atomic E-state index is 5.69. The molecule has 0 amide bonds. The zero-order valence-corrected chi connectivity index (χ0v) is 11.4. The Morgan fingerprint density at radius 2 is 2.17 bits per heavy atom. The van der Waals surface area contributed by atoms with Crippen molar-refractivity contribution in [3.63, 3.8) is 0 Å². The summed E-state index contributed by atoms with van der Waals surface area (Å²) < 4.78 is 5.69. The number of unbranched alkanes of at least 4 members (excludes halogenated alkanes) is 1. The molecule has 1 aromatic heterocycles. The Labute approximate surface area is 109 Å². The van der Waals surface area contributed by atoms with Crippen LogP contribution in [0.1, 0.15) is 45.2 Å². The van der Waals surface area contributed by atoms with Crippen LogP contribution in [-0.2, 0) is 11.3 Å². The fraction of sp³-hybridized carbons (Fsp3) is 0.692. The molecule has 1 aromatic rings. The Bertz CT molecular complexity index is 315. The van der Waals surface area contributed by atoms with Crippen LogP contribution in [0.3, 0.4) is 0 Å². The van der Waals surface area contributed by atoms with E-state index in [9.17, 15) is 0 Å². The maximum Gasteiger partial charge on any atom is 0.158 e. The van der Waals surface area contributed by atoms with E-state index in [0.717, 1.165) is 12.3 Å². The van der Waals surface area contributed by atoms with Gasteiger partial charge in [0.1, 0.15) is 0 Å². The number of ether oxygens (including phenoxy) is 1. The third-order valence-corrected chi connectivity index (χ3v) is 3.00. The van der Waals surface area contributed by atoms with Crippen molar-refractivity contribution in [1.29, 1.82) is 0 Å². The van der Waals surface area contributed by atoms with Gasteiger partial charge in [-0.25, -0.2) is 10.8 Å². The average molecular weight is 252 g/mol. The number of nitrogen functional groups attached to an aromatic ring is 1. The number of nitrogens with zero attached hydrogens (tertiary/aromatic N) is 2. The predicted octanol–water partition coefficient (Wildman–Crippen LogP) is 2.50. The molecule has 0 radical (unpaired) electrons. The van der Waals surface area contributed by atoms with Gasteiger partial charge in [-0.05, 0) is 12.3 Å². The molecule has 1 unspecified atom stereocenters. The Balaban J connectivity index is 2.26. The molecule has 102 valence electrons. The summed E-state index contributed by atoms with van der Waals surface area (Å²) >= 11 is 0. The second-order valence-corrected chi connectivity index (χ2v) is 4.47. The number of hydrogen-bond acceptors (Lipinski definition) is 5. The lowest BCUT2D eigenvalue weighted by Gasteiger charge is -2.14. The maximum absolute atomic E-state index is 5.69. The highest BCUT2D eigenvalue weighted by atomic mass is 16.5. The summed E-state index contributed by atoms with van der Waals surface area (Å²) in [6, 6.07) is 0. The molecule has 1 rings (SSSR count). The van der Waals surface area contributed by atoms with E-state index in [2.05, 4.69) is 29.2 Å². The number of nitrogens with two attached hydrogens (primary N) is 1. The number of hydrazine groups is 1. The summed E-state index contributed by atoms with van der Waals surface area (Å²) in [5.41, 5.74) is 3.28. The molecule has 18 heavy (non-hydrogen) atoms. The van der Waals surface area contributed by atoms with E-state index in [1.807, 2.05) is 0 Å². The van der Waals surface area contributed by atoms with E-state index >= 15 is 0 Å². The van der Waals surface area contributed by atoms with Crippen molar-refractivity contribution in [3.05, 3.63) is 18.1 Å². The van der Waals surface area contributed by atoms with Gasteiger partial charge in [0.25, 0.3) is 0 Å². The normalized spacial score (nSPS) is 12.4. The smallest absolute Gasteiger partial charge is 0.158 e. The molecule has 1 heterocycles. The zero-order valence-electron chi connectivity index (χ0n) is 11.4. The quantitative estimate of drug-likeness (QED) is 0.522. The predicted molar refractivity (Wildman–Crippen MR) is 72.8 cm³/mol. The third-order valence-electron chi connectivity index (χ3n) is 3.00. The van der Waals surface area contributed by atoms with Gasteiger partial charge in [0.2, 0.25) is 0 Å². The Morgan fingerprint density at radius 3 is 2.72 bits per heavy atom. The van der Waals surface area contributed by atoms with Crippen LogP contribution >= 0.6 is 0 Å². The Kier molecular flexibility index (Phi) is 7.29. The first kappa shape index (κ1) is 14.9. The molecule has 5 heteroatoms. The van der Waals surface area contributed by atoms with Gasteiger partial charge in [0, 0.05) is 6.61 Å². The van der Waals surface area contributed by atoms with Crippen LogP contribution < -0.4 is 11.3 Å². The number of rotatable bonds is 9. The molecule has 0 saturated carbocycles. The van der Waals surface area contributed by atoms with Gasteiger partial charge in [-0.3, -0.25) is 4.98 Å². The molecule has 0 fully saturated rings. The highest BCUT2D eigenvalue weighted by molar-refractivity contribution is 5.28. The number of nitrogens with one attached hydrogen (secondary N) is 1. The average Bonchev–Trinajstić information content (AvgIpc) is 2.43. The molecule has 0 saturated heterocycles. The summed E-state index contributed by atoms with van der Waals surface area (Å²) in [4.78, 5) is 8.29. The largest absolute Gasteiger partial charge is 0.375 e. The molecule has 0 aliphatic carbocycles. The summed E-state index contributed by atoms with van der Waals surface area (Å²) in [6.07, 6.45) is 8.22. The molecular formula is C13H24N4O. The highest BCUT2D eigenvalue weighted by Crippen LogP contribution is 2.13. The van der Waals surface area contributed by atoms with Crippen molar-refractivity contribution in [2.24, 2.45) is 11.8 Å². The minimum absolute atomic E-state index is 0.514. The van der Waals surface area contributed by atoms with Gasteiger partial charge >= 0.3 is 0 Å². The molecule has 0 aliphatic rings. The van der Waals surface area contributed by atoms with Crippen LogP contribution in [0.2, 0.25) is 0 Å². The molecule has 1 atom stereocenters. The zero-order chi connectivity index (χ0) is 13.2. The van der Waals surface area contributed by atoms with Crippen LogP contribution in [0.25, 0.3) is 0 Å². The van der Waals surface area contributed by atoms with Crippen LogP contribution in [-0.4, -0.2) is 16.6 Å². The van der Waals surface area contributed by atoms with E-state index in [0.29, 0.717) is 18.3 Å². The first-order valence-corrected chi connectivity index (χ1v) is 6.65. The van der Waals surface area contributed by atoms with Gasteiger partial charge in [-0.2, -0.15) is 0 Å². The van der Waals surface area contributed by atoms with Gasteiger partial charge < -0.3 is 10.2 Å². The fourth-order valence-corrected chi connectivity index (χ4v) is 1.73. The first-order valence-electron chi connectivity index (χ1n) is 6.65. The lowest BCUT2D eigenvalue weighted by atomic mass is 10.0. The number of hydrogen-bond donors (Lipinski definition) is 2. The monoisotopic (exact) mass is 252 g/mol. The van der Waals surface area contributed by atoms with Crippen molar-refractivity contribution >= 4 is 5.82 Å². The molecule has 5 nitrogen and oxygen atoms in total. The summed E-state index contributed by atoms with van der Waals surface area (Å²) in [6.45, 7) is 5.75. The minimum Gasteiger partial charge on any atom is -0.375 e. The SMILES string of the molecule is CCCCC(CC)COCc1cnc(NN)cn1. The molecular weight excluding hydrogens is 228 g/mol. The van der Waals surface area contributed by atoms with Crippen LogP contribution in [0.15, 0.2) is 12.4 Å². The highest BCUT2D eigenvalue weighted by Gasteiger charge is 2.06. The molecule has 0 aliphatic heterocycles. The lowest BCUT2D eigenvalue weighted by molar-refractivity contribution is 0.0798. The van der Waals surface area contributed by atoms with Gasteiger partial charge in [-0.1, -0.05) is 33.1 Å². The molecule has 3 N–H and O–H groups in total. The second-order valence-electron chi connectivity index (χ2n) is 4.47. The fourth-order valence-electron chi connectivity index (χ4n) is 1.73. The first-order chi connectivity index (χ1) is 8.80. The Hall–Kier alpha value is -1.20. The van der Waals surface area contributed by atoms with Gasteiger partial charge in [0.05, 0.1) is 24.7 Å². The van der Waals surface area contributed by atoms with Crippen LogP contribution in [0.4, 0.5) is 5.82 Å². The molecule has 0 aromatic carbocycles. The number of aromatic nitrogens is 2. The van der Waals surface area contributed by atoms with Crippen LogP contribution in [0.5, 0.6) is 0 Å². The van der Waals surface area contributed by atoms with Crippen LogP contribution in [0, 0.1) is 5.92 Å². The minimum atomic E-state index is 0.514. The standard InChI is InChI=1S/C13H24N4O/c1-3-5-6-11(4-2)9-18-10-12-7-16-13(17-14)8-15-12/h7-8,11H,3-6,9-10,14H2,1-2H3,(H,16,17). The lowest BCUT2D eigenvalue weighted by Crippen LogP contribution is -2.11. The summed E-state index contributed by atoms with van der Waals surface area (Å²) in [5, 5.41) is 0. The van der Waals surface area contributed by atoms with E-state index in [4.69, 9.17) is 10.6 Å². The van der Waals surface area contributed by atoms with Crippen molar-refractivity contribution in [2.45, 2.75) is 46.1 Å². The number of anilines is 1. The second kappa shape index (κ2) is 8.83. The van der Waals surface area contributed by atoms with Crippen molar-refractivity contribution in [2.75, 3.05) is 12.0 Å². The van der Waals surface area contributed by atoms with Gasteiger partial charge in [-0.15, -0.1) is 0 Å². The van der Waals surface area contributed by atoms with Crippen molar-refractivity contribution in [3.8, 4) is 0 Å². The molecule has 0 spiro atoms.